The van der Waals surface area contributed by atoms with Crippen molar-refractivity contribution in [3.8, 4) is 0 Å². The fraction of sp³-hybridized carbons (Fsp3) is 1.00. The van der Waals surface area contributed by atoms with Crippen molar-refractivity contribution >= 4 is 0 Å². The highest BCUT2D eigenvalue weighted by Crippen LogP contribution is 2.58. The smallest absolute Gasteiger partial charge is 0.0381 e. The predicted molar refractivity (Wildman–Crippen MR) is 53.3 cm³/mol. The fourth-order valence-corrected chi connectivity index (χ4v) is 4.36. The Kier molecular flexibility index (Phi) is 1.45. The van der Waals surface area contributed by atoms with Gasteiger partial charge in [-0.15, -0.1) is 0 Å². The van der Waals surface area contributed by atoms with Crippen LogP contribution in [0.1, 0.15) is 26.2 Å². The topological polar surface area (TPSA) is 29.3 Å². The summed E-state index contributed by atoms with van der Waals surface area (Å²) in [4.78, 5) is 2.47. The summed E-state index contributed by atoms with van der Waals surface area (Å²) in [6, 6.07) is 0.604. The van der Waals surface area contributed by atoms with Crippen LogP contribution in [0, 0.1) is 17.8 Å². The van der Waals surface area contributed by atoms with Gasteiger partial charge in [-0.05, 0) is 51.0 Å². The molecule has 1 saturated heterocycles. The Bertz CT molecular complexity index is 236. The molecule has 0 spiro atoms. The molecular weight excluding hydrogens is 160 g/mol. The van der Waals surface area contributed by atoms with Crippen LogP contribution in [0.3, 0.4) is 0 Å². The van der Waals surface area contributed by atoms with Gasteiger partial charge in [0.15, 0.2) is 0 Å². The van der Waals surface area contributed by atoms with Gasteiger partial charge in [0.2, 0.25) is 0 Å². The fourth-order valence-electron chi connectivity index (χ4n) is 4.36. The summed E-state index contributed by atoms with van der Waals surface area (Å²) in [5.74, 6) is 2.61. The minimum absolute atomic E-state index is 0.178. The van der Waals surface area contributed by atoms with Crippen LogP contribution in [0.5, 0.6) is 0 Å². The minimum Gasteiger partial charge on any atom is -0.323 e. The van der Waals surface area contributed by atoms with Gasteiger partial charge in [-0.25, -0.2) is 0 Å². The van der Waals surface area contributed by atoms with Gasteiger partial charge in [0.1, 0.15) is 0 Å². The molecule has 5 atom stereocenters. The molecule has 2 bridgehead atoms. The number of hydrogen-bond donors (Lipinski definition) is 1. The summed E-state index contributed by atoms with van der Waals surface area (Å²) in [5.41, 5.74) is 6.82. The molecule has 2 aliphatic carbocycles. The van der Waals surface area contributed by atoms with Gasteiger partial charge in [0.05, 0.1) is 0 Å². The van der Waals surface area contributed by atoms with E-state index in [9.17, 15) is 0 Å². The molecule has 2 nitrogen and oxygen atoms in total. The van der Waals surface area contributed by atoms with Gasteiger partial charge in [0, 0.05) is 18.1 Å². The molecule has 13 heavy (non-hydrogen) atoms. The summed E-state index contributed by atoms with van der Waals surface area (Å²) >= 11 is 0. The number of hydrogen-bond acceptors (Lipinski definition) is 2. The zero-order chi connectivity index (χ0) is 9.22. The van der Waals surface area contributed by atoms with Crippen molar-refractivity contribution in [2.24, 2.45) is 23.5 Å². The highest BCUT2D eigenvalue weighted by molar-refractivity contribution is 5.18. The highest BCUT2D eigenvalue weighted by Gasteiger charge is 2.62. The molecule has 3 fully saturated rings. The van der Waals surface area contributed by atoms with Gasteiger partial charge in [-0.1, -0.05) is 0 Å². The second kappa shape index (κ2) is 2.29. The average Bonchev–Trinajstić information content (AvgIpc) is 2.71. The number of nitrogens with two attached hydrogens (primary N) is 1. The second-order valence-corrected chi connectivity index (χ2v) is 5.49. The van der Waals surface area contributed by atoms with Crippen molar-refractivity contribution in [1.82, 2.24) is 4.90 Å². The van der Waals surface area contributed by atoms with Crippen molar-refractivity contribution in [1.29, 1.82) is 0 Å². The molecular formula is C11H20N2. The molecule has 1 aliphatic heterocycles. The lowest BCUT2D eigenvalue weighted by atomic mass is 9.72. The monoisotopic (exact) mass is 180 g/mol. The van der Waals surface area contributed by atoms with E-state index in [1.54, 1.807) is 0 Å². The number of nitrogens with zero attached hydrogens (tertiary/aromatic N) is 1. The molecule has 1 heterocycles. The molecule has 0 aromatic heterocycles. The number of rotatable bonds is 0. The van der Waals surface area contributed by atoms with Crippen molar-refractivity contribution in [2.75, 3.05) is 13.6 Å². The molecule has 2 saturated carbocycles. The van der Waals surface area contributed by atoms with Crippen molar-refractivity contribution < 1.29 is 0 Å². The van der Waals surface area contributed by atoms with Crippen molar-refractivity contribution in [3.63, 3.8) is 0 Å². The van der Waals surface area contributed by atoms with E-state index in [1.807, 2.05) is 0 Å². The normalized spacial score (nSPS) is 60.2. The molecule has 0 radical (unpaired) electrons. The van der Waals surface area contributed by atoms with Gasteiger partial charge < -0.3 is 10.6 Å². The standard InChI is InChI=1S/C11H20N2/c1-7-11(12)9-4-3-8(5-9)10(11)6-13(7)2/h7-10H,3-6,12H2,1-2H3/t7-,8?,9?,10-,11-/m1/s1. The maximum atomic E-state index is 6.64. The number of fused-ring (bicyclic) bond motifs is 5. The lowest BCUT2D eigenvalue weighted by Gasteiger charge is -2.39. The van der Waals surface area contributed by atoms with Crippen LogP contribution in [-0.2, 0) is 0 Å². The third kappa shape index (κ3) is 0.774. The molecule has 3 rings (SSSR count). The third-order valence-electron chi connectivity index (χ3n) is 5.26. The Balaban J connectivity index is 2.00. The number of likely N-dealkylation sites (N-methyl/N-ethyl adjacent to an activating group) is 1. The van der Waals surface area contributed by atoms with Crippen LogP contribution in [-0.4, -0.2) is 30.1 Å². The second-order valence-electron chi connectivity index (χ2n) is 5.49. The SMILES string of the molecule is C[C@H]1N(C)C[C@@H]2C3CCC(C3)[C@@]21N. The molecule has 0 amide bonds. The van der Waals surface area contributed by atoms with Crippen LogP contribution < -0.4 is 5.73 Å². The molecule has 2 unspecified atom stereocenters. The molecule has 2 N–H and O–H groups in total. The van der Waals surface area contributed by atoms with Crippen LogP contribution >= 0.6 is 0 Å². The number of likely N-dealkylation sites (tertiary alicyclic amines) is 1. The molecule has 2 heteroatoms. The van der Waals surface area contributed by atoms with E-state index in [4.69, 9.17) is 5.73 Å². The molecule has 74 valence electrons. The Labute approximate surface area is 80.5 Å². The first kappa shape index (κ1) is 8.25. The summed E-state index contributed by atoms with van der Waals surface area (Å²) in [5, 5.41) is 0. The predicted octanol–water partition coefficient (Wildman–Crippen LogP) is 1.06. The van der Waals surface area contributed by atoms with Crippen molar-refractivity contribution in [3.05, 3.63) is 0 Å². The Morgan fingerprint density at radius 2 is 2.15 bits per heavy atom. The van der Waals surface area contributed by atoms with Gasteiger partial charge in [0.25, 0.3) is 0 Å². The summed E-state index contributed by atoms with van der Waals surface area (Å²) < 4.78 is 0. The van der Waals surface area contributed by atoms with E-state index in [0.29, 0.717) is 6.04 Å². The average molecular weight is 180 g/mol. The minimum atomic E-state index is 0.178. The van der Waals surface area contributed by atoms with Crippen molar-refractivity contribution in [2.45, 2.75) is 37.8 Å². The van der Waals surface area contributed by atoms with E-state index >= 15 is 0 Å². The summed E-state index contributed by atoms with van der Waals surface area (Å²) in [7, 11) is 2.23. The zero-order valence-electron chi connectivity index (χ0n) is 8.66. The third-order valence-corrected chi connectivity index (χ3v) is 5.26. The summed E-state index contributed by atoms with van der Waals surface area (Å²) in [6.45, 7) is 3.57. The van der Waals surface area contributed by atoms with Gasteiger partial charge in [-0.2, -0.15) is 0 Å². The quantitative estimate of drug-likeness (QED) is 0.604. The Hall–Kier alpha value is -0.0800. The van der Waals surface area contributed by atoms with E-state index in [2.05, 4.69) is 18.9 Å². The zero-order valence-corrected chi connectivity index (χ0v) is 8.66. The largest absolute Gasteiger partial charge is 0.323 e. The lowest BCUT2D eigenvalue weighted by molar-refractivity contribution is 0.182. The van der Waals surface area contributed by atoms with Crippen LogP contribution in [0.4, 0.5) is 0 Å². The highest BCUT2D eigenvalue weighted by atomic mass is 15.2. The molecule has 3 aliphatic rings. The first-order valence-electron chi connectivity index (χ1n) is 5.63. The van der Waals surface area contributed by atoms with E-state index < -0.39 is 0 Å². The van der Waals surface area contributed by atoms with E-state index in [1.165, 1.54) is 25.8 Å². The Morgan fingerprint density at radius 1 is 1.38 bits per heavy atom. The first-order chi connectivity index (χ1) is 6.14. The molecule has 0 aromatic rings. The maximum Gasteiger partial charge on any atom is 0.0381 e. The molecule has 0 aromatic carbocycles. The Morgan fingerprint density at radius 3 is 2.85 bits per heavy atom. The maximum absolute atomic E-state index is 6.64. The van der Waals surface area contributed by atoms with Crippen LogP contribution in [0.15, 0.2) is 0 Å². The van der Waals surface area contributed by atoms with Gasteiger partial charge in [-0.3, -0.25) is 0 Å². The van der Waals surface area contributed by atoms with E-state index in [-0.39, 0.29) is 5.54 Å². The summed E-state index contributed by atoms with van der Waals surface area (Å²) in [6.07, 6.45) is 4.28. The van der Waals surface area contributed by atoms with Crippen LogP contribution in [0.25, 0.3) is 0 Å². The van der Waals surface area contributed by atoms with Gasteiger partial charge >= 0.3 is 0 Å². The van der Waals surface area contributed by atoms with Crippen LogP contribution in [0.2, 0.25) is 0 Å². The first-order valence-corrected chi connectivity index (χ1v) is 5.63. The lowest BCUT2D eigenvalue weighted by Crippen LogP contribution is -2.56. The van der Waals surface area contributed by atoms with E-state index in [0.717, 1.165) is 17.8 Å².